The van der Waals surface area contributed by atoms with E-state index in [0.29, 0.717) is 17.1 Å². The first-order valence-electron chi connectivity index (χ1n) is 11.2. The molecule has 0 aliphatic rings. The summed E-state index contributed by atoms with van der Waals surface area (Å²) in [6.07, 6.45) is 1.04. The fourth-order valence-electron chi connectivity index (χ4n) is 3.47. The van der Waals surface area contributed by atoms with E-state index in [1.165, 1.54) is 24.3 Å². The minimum atomic E-state index is -3.82. The van der Waals surface area contributed by atoms with Crippen LogP contribution < -0.4 is 14.3 Å². The van der Waals surface area contributed by atoms with Crippen LogP contribution in [0.15, 0.2) is 77.7 Å². The monoisotopic (exact) mass is 529 g/mol. The molecule has 3 aromatic rings. The summed E-state index contributed by atoms with van der Waals surface area (Å²) < 4.78 is 53.8. The average molecular weight is 530 g/mol. The molecule has 1 amide bonds. The highest BCUT2D eigenvalue weighted by Gasteiger charge is 2.22. The third kappa shape index (κ3) is 6.86. The first kappa shape index (κ1) is 27.2. The maximum Gasteiger partial charge on any atom is 0.261 e. The maximum atomic E-state index is 12.7. The van der Waals surface area contributed by atoms with Crippen molar-refractivity contribution in [2.45, 2.75) is 38.0 Å². The molecular formula is C26H31N3O5S2. The molecule has 0 radical (unpaired) electrons. The first-order chi connectivity index (χ1) is 16.7. The van der Waals surface area contributed by atoms with Gasteiger partial charge in [-0.2, -0.15) is 0 Å². The molecule has 10 heteroatoms. The molecule has 0 saturated heterocycles. The zero-order valence-electron chi connectivity index (χ0n) is 20.9. The van der Waals surface area contributed by atoms with Crippen molar-refractivity contribution in [3.8, 4) is 0 Å². The standard InChI is InChI=1S/C26H31N3O5S2/c1-19-8-6-7-9-24(19)28-36(33,34)23-16-12-21(13-17-23)27-25(30)18-29(35(5,31)32)22-14-10-20(11-15-22)26(2,3)4/h6-17,28H,18H2,1-5H3,(H,27,30). The minimum absolute atomic E-state index is 0.0282. The summed E-state index contributed by atoms with van der Waals surface area (Å²) in [5.41, 5.74) is 2.92. The number of para-hydroxylation sites is 1. The number of aryl methyl sites for hydroxylation is 1. The lowest BCUT2D eigenvalue weighted by Crippen LogP contribution is -2.37. The molecule has 2 N–H and O–H groups in total. The number of nitrogens with zero attached hydrogens (tertiary/aromatic N) is 1. The van der Waals surface area contributed by atoms with E-state index in [2.05, 4.69) is 30.8 Å². The van der Waals surface area contributed by atoms with E-state index in [-0.39, 0.29) is 10.3 Å². The van der Waals surface area contributed by atoms with Gasteiger partial charge in [-0.3, -0.25) is 13.8 Å². The average Bonchev–Trinajstić information content (AvgIpc) is 2.78. The number of carbonyl (C=O) groups excluding carboxylic acids is 1. The van der Waals surface area contributed by atoms with Gasteiger partial charge < -0.3 is 5.32 Å². The Kier molecular flexibility index (Phi) is 7.80. The molecule has 3 rings (SSSR count). The predicted molar refractivity (Wildman–Crippen MR) is 144 cm³/mol. The van der Waals surface area contributed by atoms with E-state index >= 15 is 0 Å². The third-order valence-corrected chi connectivity index (χ3v) is 8.07. The highest BCUT2D eigenvalue weighted by atomic mass is 32.2. The molecular weight excluding hydrogens is 498 g/mol. The maximum absolute atomic E-state index is 12.7. The molecule has 0 spiro atoms. The van der Waals surface area contributed by atoms with Gasteiger partial charge in [0.2, 0.25) is 15.9 Å². The molecule has 0 aliphatic carbocycles. The van der Waals surface area contributed by atoms with E-state index in [0.717, 1.165) is 21.7 Å². The van der Waals surface area contributed by atoms with E-state index in [1.54, 1.807) is 37.3 Å². The molecule has 0 fully saturated rings. The number of hydrogen-bond acceptors (Lipinski definition) is 5. The topological polar surface area (TPSA) is 113 Å². The van der Waals surface area contributed by atoms with Crippen LogP contribution in [0.4, 0.5) is 17.1 Å². The van der Waals surface area contributed by atoms with Crippen LogP contribution in [0.5, 0.6) is 0 Å². The summed E-state index contributed by atoms with van der Waals surface area (Å²) in [7, 11) is -7.55. The van der Waals surface area contributed by atoms with Crippen LogP contribution in [0.1, 0.15) is 31.9 Å². The molecule has 0 unspecified atom stereocenters. The van der Waals surface area contributed by atoms with Gasteiger partial charge in [0.1, 0.15) is 6.54 Å². The Morgan fingerprint density at radius 2 is 1.44 bits per heavy atom. The predicted octanol–water partition coefficient (Wildman–Crippen LogP) is 4.50. The van der Waals surface area contributed by atoms with E-state index in [1.807, 2.05) is 18.2 Å². The van der Waals surface area contributed by atoms with Crippen molar-refractivity contribution < 1.29 is 21.6 Å². The number of sulfonamides is 2. The van der Waals surface area contributed by atoms with Gasteiger partial charge >= 0.3 is 0 Å². The van der Waals surface area contributed by atoms with Gasteiger partial charge in [0.05, 0.1) is 22.5 Å². The van der Waals surface area contributed by atoms with Gasteiger partial charge in [0, 0.05) is 5.69 Å². The lowest BCUT2D eigenvalue weighted by Gasteiger charge is -2.24. The molecule has 0 heterocycles. The second kappa shape index (κ2) is 10.3. The Balaban J connectivity index is 1.72. The van der Waals surface area contributed by atoms with Crippen LogP contribution in [-0.4, -0.2) is 35.5 Å². The number of nitrogens with one attached hydrogen (secondary N) is 2. The largest absolute Gasteiger partial charge is 0.325 e. The van der Waals surface area contributed by atoms with Gasteiger partial charge in [-0.1, -0.05) is 51.1 Å². The number of amides is 1. The van der Waals surface area contributed by atoms with Crippen molar-refractivity contribution in [2.24, 2.45) is 0 Å². The van der Waals surface area contributed by atoms with Crippen LogP contribution in [0.2, 0.25) is 0 Å². The second-order valence-corrected chi connectivity index (χ2v) is 13.1. The number of benzene rings is 3. The Bertz CT molecular complexity index is 1440. The summed E-state index contributed by atoms with van der Waals surface area (Å²) in [5.74, 6) is -0.561. The summed E-state index contributed by atoms with van der Waals surface area (Å²) in [4.78, 5) is 12.7. The van der Waals surface area contributed by atoms with Crippen molar-refractivity contribution >= 4 is 43.0 Å². The molecule has 0 aromatic heterocycles. The molecule has 192 valence electrons. The van der Waals surface area contributed by atoms with Crippen molar-refractivity contribution in [1.82, 2.24) is 0 Å². The summed E-state index contributed by atoms with van der Waals surface area (Å²) in [6, 6.07) is 19.7. The number of carbonyl (C=O) groups is 1. The van der Waals surface area contributed by atoms with Crippen molar-refractivity contribution in [2.75, 3.05) is 27.1 Å². The van der Waals surface area contributed by atoms with E-state index in [9.17, 15) is 21.6 Å². The number of hydrogen-bond donors (Lipinski definition) is 2. The Labute approximate surface area is 213 Å². The Morgan fingerprint density at radius 1 is 0.861 bits per heavy atom. The van der Waals surface area contributed by atoms with Crippen LogP contribution in [-0.2, 0) is 30.3 Å². The zero-order valence-corrected chi connectivity index (χ0v) is 22.6. The number of rotatable bonds is 8. The number of anilines is 3. The third-order valence-electron chi connectivity index (χ3n) is 5.55. The van der Waals surface area contributed by atoms with Crippen molar-refractivity contribution in [1.29, 1.82) is 0 Å². The van der Waals surface area contributed by atoms with Crippen molar-refractivity contribution in [3.05, 3.63) is 83.9 Å². The quantitative estimate of drug-likeness (QED) is 0.446. The fourth-order valence-corrected chi connectivity index (χ4v) is 5.45. The summed E-state index contributed by atoms with van der Waals surface area (Å²) in [5, 5.41) is 2.63. The lowest BCUT2D eigenvalue weighted by molar-refractivity contribution is -0.114. The molecule has 0 atom stereocenters. The molecule has 0 saturated carbocycles. The normalized spacial score (nSPS) is 12.1. The Hall–Kier alpha value is -3.37. The fraction of sp³-hybridized carbons (Fsp3) is 0.269. The molecule has 3 aromatic carbocycles. The van der Waals surface area contributed by atoms with Gasteiger partial charge in [0.15, 0.2) is 0 Å². The van der Waals surface area contributed by atoms with E-state index in [4.69, 9.17) is 0 Å². The second-order valence-electron chi connectivity index (χ2n) is 9.56. The summed E-state index contributed by atoms with van der Waals surface area (Å²) in [6.45, 7) is 7.54. The van der Waals surface area contributed by atoms with Crippen LogP contribution in [0.3, 0.4) is 0 Å². The van der Waals surface area contributed by atoms with Crippen LogP contribution >= 0.6 is 0 Å². The zero-order chi connectivity index (χ0) is 26.7. The molecule has 36 heavy (non-hydrogen) atoms. The minimum Gasteiger partial charge on any atom is -0.325 e. The Morgan fingerprint density at radius 3 is 1.97 bits per heavy atom. The van der Waals surface area contributed by atoms with E-state index < -0.39 is 32.5 Å². The van der Waals surface area contributed by atoms with Crippen molar-refractivity contribution in [3.63, 3.8) is 0 Å². The highest BCUT2D eigenvalue weighted by Crippen LogP contribution is 2.26. The molecule has 0 aliphatic heterocycles. The molecule has 8 nitrogen and oxygen atoms in total. The first-order valence-corrected chi connectivity index (χ1v) is 14.6. The van der Waals surface area contributed by atoms with Gasteiger partial charge in [-0.15, -0.1) is 0 Å². The van der Waals surface area contributed by atoms with Gasteiger partial charge in [0.25, 0.3) is 10.0 Å². The SMILES string of the molecule is Cc1ccccc1NS(=O)(=O)c1ccc(NC(=O)CN(c2ccc(C(C)(C)C)cc2)S(C)(=O)=O)cc1. The smallest absolute Gasteiger partial charge is 0.261 e. The van der Waals surface area contributed by atoms with Crippen LogP contribution in [0, 0.1) is 6.92 Å². The van der Waals surface area contributed by atoms with Crippen LogP contribution in [0.25, 0.3) is 0 Å². The molecule has 0 bridgehead atoms. The lowest BCUT2D eigenvalue weighted by atomic mass is 9.87. The summed E-state index contributed by atoms with van der Waals surface area (Å²) >= 11 is 0. The highest BCUT2D eigenvalue weighted by molar-refractivity contribution is 7.92. The van der Waals surface area contributed by atoms with Gasteiger partial charge in [-0.05, 0) is 65.9 Å². The van der Waals surface area contributed by atoms with Gasteiger partial charge in [-0.25, -0.2) is 16.8 Å².